The lowest BCUT2D eigenvalue weighted by Gasteiger charge is -2.19. The molecule has 1 heterocycles. The zero-order valence-corrected chi connectivity index (χ0v) is 14.3. The fraction of sp³-hybridized carbons (Fsp3) is 0.188. The molecule has 1 N–H and O–H groups in total. The average Bonchev–Trinajstić information content (AvgIpc) is 2.55. The van der Waals surface area contributed by atoms with E-state index in [0.717, 1.165) is 4.90 Å². The minimum atomic E-state index is -0.136. The summed E-state index contributed by atoms with van der Waals surface area (Å²) in [6, 6.07) is 10.5. The van der Waals surface area contributed by atoms with Crippen molar-refractivity contribution in [3.05, 3.63) is 46.4 Å². The SMILES string of the molecule is O=C(CSc1cc(Cl)ccc1Cl)Nc1ccc2c(c1)OCCO2. The van der Waals surface area contributed by atoms with Crippen LogP contribution in [0.1, 0.15) is 0 Å². The largest absolute Gasteiger partial charge is 0.486 e. The van der Waals surface area contributed by atoms with Gasteiger partial charge in [-0.3, -0.25) is 4.79 Å². The Kier molecular flexibility index (Phi) is 5.20. The van der Waals surface area contributed by atoms with E-state index in [0.29, 0.717) is 40.4 Å². The molecule has 0 saturated carbocycles. The molecule has 23 heavy (non-hydrogen) atoms. The summed E-state index contributed by atoms with van der Waals surface area (Å²) in [6.07, 6.45) is 0. The van der Waals surface area contributed by atoms with Gasteiger partial charge in [0.25, 0.3) is 0 Å². The van der Waals surface area contributed by atoms with Gasteiger partial charge in [0, 0.05) is 21.7 Å². The van der Waals surface area contributed by atoms with Crippen LogP contribution in [0.15, 0.2) is 41.3 Å². The second-order valence-electron chi connectivity index (χ2n) is 4.77. The van der Waals surface area contributed by atoms with Gasteiger partial charge >= 0.3 is 0 Å². The molecule has 120 valence electrons. The van der Waals surface area contributed by atoms with Crippen LogP contribution in [-0.2, 0) is 4.79 Å². The second kappa shape index (κ2) is 7.34. The summed E-state index contributed by atoms with van der Waals surface area (Å²) in [7, 11) is 0. The van der Waals surface area contributed by atoms with Crippen molar-refractivity contribution >= 4 is 46.6 Å². The molecule has 4 nitrogen and oxygen atoms in total. The van der Waals surface area contributed by atoms with Gasteiger partial charge in [-0.25, -0.2) is 0 Å². The van der Waals surface area contributed by atoms with Gasteiger partial charge in [-0.2, -0.15) is 0 Å². The predicted octanol–water partition coefficient (Wildman–Crippen LogP) is 4.50. The molecule has 1 aliphatic rings. The molecule has 1 amide bonds. The van der Waals surface area contributed by atoms with Crippen molar-refractivity contribution in [1.29, 1.82) is 0 Å². The van der Waals surface area contributed by atoms with Gasteiger partial charge in [-0.05, 0) is 30.3 Å². The number of anilines is 1. The monoisotopic (exact) mass is 369 g/mol. The zero-order valence-electron chi connectivity index (χ0n) is 12.0. The quantitative estimate of drug-likeness (QED) is 0.806. The van der Waals surface area contributed by atoms with Gasteiger partial charge in [0.1, 0.15) is 13.2 Å². The first-order valence-electron chi connectivity index (χ1n) is 6.89. The molecule has 1 aliphatic heterocycles. The van der Waals surface area contributed by atoms with Crippen molar-refractivity contribution in [2.45, 2.75) is 4.90 Å². The van der Waals surface area contributed by atoms with Crippen molar-refractivity contribution < 1.29 is 14.3 Å². The number of carbonyl (C=O) groups is 1. The number of fused-ring (bicyclic) bond motifs is 1. The van der Waals surface area contributed by atoms with Gasteiger partial charge in [-0.1, -0.05) is 23.2 Å². The van der Waals surface area contributed by atoms with Crippen LogP contribution in [0.3, 0.4) is 0 Å². The zero-order chi connectivity index (χ0) is 16.2. The Morgan fingerprint density at radius 2 is 1.87 bits per heavy atom. The number of thioether (sulfide) groups is 1. The number of carbonyl (C=O) groups excluding carboxylic acids is 1. The van der Waals surface area contributed by atoms with E-state index in [1.54, 1.807) is 36.4 Å². The summed E-state index contributed by atoms with van der Waals surface area (Å²) >= 11 is 13.3. The Morgan fingerprint density at radius 3 is 2.70 bits per heavy atom. The highest BCUT2D eigenvalue weighted by Gasteiger charge is 2.13. The molecular formula is C16H13Cl2NO3S. The van der Waals surface area contributed by atoms with Crippen molar-refractivity contribution in [2.75, 3.05) is 24.3 Å². The lowest BCUT2D eigenvalue weighted by atomic mass is 10.2. The molecule has 0 spiro atoms. The molecule has 0 atom stereocenters. The van der Waals surface area contributed by atoms with Crippen LogP contribution in [-0.4, -0.2) is 24.9 Å². The van der Waals surface area contributed by atoms with E-state index in [-0.39, 0.29) is 11.7 Å². The number of hydrogen-bond donors (Lipinski definition) is 1. The number of ether oxygens (including phenoxy) is 2. The molecule has 0 aliphatic carbocycles. The van der Waals surface area contributed by atoms with Crippen molar-refractivity contribution in [3.8, 4) is 11.5 Å². The van der Waals surface area contributed by atoms with E-state index in [2.05, 4.69) is 5.32 Å². The lowest BCUT2D eigenvalue weighted by molar-refractivity contribution is -0.113. The average molecular weight is 370 g/mol. The van der Waals surface area contributed by atoms with Crippen molar-refractivity contribution in [2.24, 2.45) is 0 Å². The van der Waals surface area contributed by atoms with Crippen LogP contribution in [0.5, 0.6) is 11.5 Å². The number of hydrogen-bond acceptors (Lipinski definition) is 4. The number of halogens is 2. The van der Waals surface area contributed by atoms with Crippen LogP contribution < -0.4 is 14.8 Å². The summed E-state index contributed by atoms with van der Waals surface area (Å²) in [4.78, 5) is 12.8. The van der Waals surface area contributed by atoms with Crippen LogP contribution in [0.25, 0.3) is 0 Å². The van der Waals surface area contributed by atoms with Crippen LogP contribution in [0, 0.1) is 0 Å². The van der Waals surface area contributed by atoms with E-state index in [4.69, 9.17) is 32.7 Å². The smallest absolute Gasteiger partial charge is 0.234 e. The topological polar surface area (TPSA) is 47.6 Å². The fourth-order valence-electron chi connectivity index (χ4n) is 2.05. The van der Waals surface area contributed by atoms with E-state index in [1.807, 2.05) is 0 Å². The molecule has 0 fully saturated rings. The minimum absolute atomic E-state index is 0.136. The van der Waals surface area contributed by atoms with E-state index in [9.17, 15) is 4.79 Å². The van der Waals surface area contributed by atoms with Gasteiger partial charge in [0.15, 0.2) is 11.5 Å². The highest BCUT2D eigenvalue weighted by Crippen LogP contribution is 2.33. The van der Waals surface area contributed by atoms with Crippen LogP contribution >= 0.6 is 35.0 Å². The highest BCUT2D eigenvalue weighted by molar-refractivity contribution is 8.00. The van der Waals surface area contributed by atoms with E-state index in [1.165, 1.54) is 11.8 Å². The third-order valence-electron chi connectivity index (χ3n) is 3.08. The summed E-state index contributed by atoms with van der Waals surface area (Å²) < 4.78 is 10.9. The fourth-order valence-corrected chi connectivity index (χ4v) is 3.34. The Bertz CT molecular complexity index is 739. The molecule has 0 saturated heterocycles. The normalized spacial score (nSPS) is 12.8. The highest BCUT2D eigenvalue weighted by atomic mass is 35.5. The predicted molar refractivity (Wildman–Crippen MR) is 93.2 cm³/mol. The van der Waals surface area contributed by atoms with Crippen LogP contribution in [0.4, 0.5) is 5.69 Å². The van der Waals surface area contributed by atoms with Crippen LogP contribution in [0.2, 0.25) is 10.0 Å². The number of benzene rings is 2. The number of rotatable bonds is 4. The Morgan fingerprint density at radius 1 is 1.09 bits per heavy atom. The van der Waals surface area contributed by atoms with Gasteiger partial charge in [0.2, 0.25) is 5.91 Å². The Hall–Kier alpha value is -1.56. The molecule has 2 aromatic carbocycles. The maximum Gasteiger partial charge on any atom is 0.234 e. The second-order valence-corrected chi connectivity index (χ2v) is 6.63. The van der Waals surface area contributed by atoms with E-state index < -0.39 is 0 Å². The molecular weight excluding hydrogens is 357 g/mol. The van der Waals surface area contributed by atoms with Gasteiger partial charge < -0.3 is 14.8 Å². The maximum absolute atomic E-state index is 12.1. The summed E-state index contributed by atoms with van der Waals surface area (Å²) in [5.41, 5.74) is 0.664. The maximum atomic E-state index is 12.1. The minimum Gasteiger partial charge on any atom is -0.486 e. The Labute approximate surface area is 148 Å². The number of amides is 1. The first kappa shape index (κ1) is 16.3. The van der Waals surface area contributed by atoms with Crippen molar-refractivity contribution in [1.82, 2.24) is 0 Å². The molecule has 0 aromatic heterocycles. The van der Waals surface area contributed by atoms with Crippen molar-refractivity contribution in [3.63, 3.8) is 0 Å². The number of nitrogens with one attached hydrogen (secondary N) is 1. The standard InChI is InChI=1S/C16H13Cl2NO3S/c17-10-1-3-12(18)15(7-10)23-9-16(20)19-11-2-4-13-14(8-11)22-6-5-21-13/h1-4,7-8H,5-6,9H2,(H,19,20). The van der Waals surface area contributed by atoms with Gasteiger partial charge in [0.05, 0.1) is 10.8 Å². The first-order chi connectivity index (χ1) is 11.1. The third kappa shape index (κ3) is 4.25. The molecule has 2 aromatic rings. The molecule has 0 radical (unpaired) electrons. The van der Waals surface area contributed by atoms with Gasteiger partial charge in [-0.15, -0.1) is 11.8 Å². The summed E-state index contributed by atoms with van der Waals surface area (Å²) in [5, 5.41) is 3.99. The Balaban J connectivity index is 1.60. The van der Waals surface area contributed by atoms with E-state index >= 15 is 0 Å². The summed E-state index contributed by atoms with van der Waals surface area (Å²) in [6.45, 7) is 1.04. The molecule has 3 rings (SSSR count). The first-order valence-corrected chi connectivity index (χ1v) is 8.63. The molecule has 0 unspecified atom stereocenters. The lowest BCUT2D eigenvalue weighted by Crippen LogP contribution is -2.17. The molecule has 0 bridgehead atoms. The summed E-state index contributed by atoms with van der Waals surface area (Å²) in [5.74, 6) is 1.42. The molecule has 7 heteroatoms. The third-order valence-corrected chi connectivity index (χ3v) is 4.81.